The van der Waals surface area contributed by atoms with Crippen molar-refractivity contribution in [1.29, 1.82) is 0 Å². The Morgan fingerprint density at radius 1 is 1.04 bits per heavy atom. The highest BCUT2D eigenvalue weighted by Gasteiger charge is 2.28. The lowest BCUT2D eigenvalue weighted by Crippen LogP contribution is -2.48. The summed E-state index contributed by atoms with van der Waals surface area (Å²) in [6, 6.07) is 6.48. The van der Waals surface area contributed by atoms with Gasteiger partial charge in [-0.25, -0.2) is 13.4 Å². The zero-order valence-electron chi connectivity index (χ0n) is 14.6. The van der Waals surface area contributed by atoms with E-state index in [2.05, 4.69) is 9.97 Å². The Hall–Kier alpha value is -2.23. The van der Waals surface area contributed by atoms with Crippen LogP contribution in [-0.2, 0) is 14.8 Å². The topological polar surface area (TPSA) is 84.9 Å². The number of nitrogens with zero attached hydrogens (tertiary/aromatic N) is 4. The van der Waals surface area contributed by atoms with Crippen LogP contribution >= 0.6 is 0 Å². The van der Waals surface area contributed by atoms with Gasteiger partial charge in [-0.1, -0.05) is 0 Å². The summed E-state index contributed by atoms with van der Waals surface area (Å²) < 4.78 is 37.5. The van der Waals surface area contributed by atoms with Gasteiger partial charge in [0, 0.05) is 45.7 Å². The summed E-state index contributed by atoms with van der Waals surface area (Å²) in [7, 11) is -1.92. The summed E-state index contributed by atoms with van der Waals surface area (Å²) in [5.74, 6) is 1.38. The molecule has 1 saturated heterocycles. The minimum Gasteiger partial charge on any atom is -0.491 e. The molecule has 26 heavy (non-hydrogen) atoms. The average Bonchev–Trinajstić information content (AvgIpc) is 2.69. The quantitative estimate of drug-likeness (QED) is 0.665. The highest BCUT2D eigenvalue weighted by atomic mass is 32.2. The third-order valence-electron chi connectivity index (χ3n) is 4.13. The average molecular weight is 378 g/mol. The molecule has 1 aliphatic heterocycles. The molecule has 8 nitrogen and oxygen atoms in total. The SMILES string of the molecule is COCCOc1ccc(S(=O)(=O)N2CCN(c3cnccn3)CC2)cc1. The molecular weight excluding hydrogens is 356 g/mol. The summed E-state index contributed by atoms with van der Waals surface area (Å²) in [6.45, 7) is 2.88. The van der Waals surface area contributed by atoms with Crippen molar-refractivity contribution in [3.8, 4) is 5.75 Å². The molecule has 3 rings (SSSR count). The van der Waals surface area contributed by atoms with Crippen LogP contribution in [0.15, 0.2) is 47.8 Å². The lowest BCUT2D eigenvalue weighted by atomic mass is 10.3. The second-order valence-electron chi connectivity index (χ2n) is 5.77. The lowest BCUT2D eigenvalue weighted by Gasteiger charge is -2.34. The van der Waals surface area contributed by atoms with Gasteiger partial charge in [-0.15, -0.1) is 0 Å². The summed E-state index contributed by atoms with van der Waals surface area (Å²) in [4.78, 5) is 10.6. The first-order valence-corrected chi connectivity index (χ1v) is 9.78. The van der Waals surface area contributed by atoms with Crippen molar-refractivity contribution >= 4 is 15.8 Å². The van der Waals surface area contributed by atoms with Gasteiger partial charge in [0.2, 0.25) is 10.0 Å². The Labute approximate surface area is 153 Å². The van der Waals surface area contributed by atoms with Gasteiger partial charge in [-0.3, -0.25) is 4.98 Å². The van der Waals surface area contributed by atoms with E-state index in [0.717, 1.165) is 5.82 Å². The molecule has 1 fully saturated rings. The molecule has 0 amide bonds. The van der Waals surface area contributed by atoms with E-state index in [1.165, 1.54) is 4.31 Å². The third-order valence-corrected chi connectivity index (χ3v) is 6.04. The second kappa shape index (κ2) is 8.43. The highest BCUT2D eigenvalue weighted by molar-refractivity contribution is 7.89. The number of methoxy groups -OCH3 is 1. The first kappa shape index (κ1) is 18.6. The summed E-state index contributed by atoms with van der Waals surface area (Å²) in [5, 5.41) is 0. The molecule has 0 N–H and O–H groups in total. The summed E-state index contributed by atoms with van der Waals surface area (Å²) in [6.07, 6.45) is 4.94. The monoisotopic (exact) mass is 378 g/mol. The van der Waals surface area contributed by atoms with Gasteiger partial charge in [-0.2, -0.15) is 4.31 Å². The number of anilines is 1. The number of rotatable bonds is 7. The number of aromatic nitrogens is 2. The lowest BCUT2D eigenvalue weighted by molar-refractivity contribution is 0.146. The number of ether oxygens (including phenoxy) is 2. The van der Waals surface area contributed by atoms with E-state index in [9.17, 15) is 8.42 Å². The van der Waals surface area contributed by atoms with E-state index < -0.39 is 10.0 Å². The zero-order chi connectivity index (χ0) is 18.4. The minimum absolute atomic E-state index is 0.268. The number of piperazine rings is 1. The predicted octanol–water partition coefficient (Wildman–Crippen LogP) is 1.01. The number of hydrogen-bond donors (Lipinski definition) is 0. The van der Waals surface area contributed by atoms with Crippen molar-refractivity contribution in [3.63, 3.8) is 0 Å². The van der Waals surface area contributed by atoms with Crippen LogP contribution in [0.5, 0.6) is 5.75 Å². The molecule has 0 bridgehead atoms. The van der Waals surface area contributed by atoms with Crippen molar-refractivity contribution in [2.75, 3.05) is 51.4 Å². The number of hydrogen-bond acceptors (Lipinski definition) is 7. The maximum atomic E-state index is 12.8. The van der Waals surface area contributed by atoms with Crippen molar-refractivity contribution in [3.05, 3.63) is 42.9 Å². The Morgan fingerprint density at radius 3 is 2.38 bits per heavy atom. The third kappa shape index (κ3) is 4.29. The van der Waals surface area contributed by atoms with Crippen molar-refractivity contribution in [2.45, 2.75) is 4.90 Å². The maximum Gasteiger partial charge on any atom is 0.243 e. The van der Waals surface area contributed by atoms with Crippen LogP contribution in [0.4, 0.5) is 5.82 Å². The first-order chi connectivity index (χ1) is 12.6. The second-order valence-corrected chi connectivity index (χ2v) is 7.71. The molecular formula is C17H22N4O4S. The molecule has 0 spiro atoms. The zero-order valence-corrected chi connectivity index (χ0v) is 15.4. The van der Waals surface area contributed by atoms with Crippen LogP contribution in [0.3, 0.4) is 0 Å². The van der Waals surface area contributed by atoms with E-state index in [1.54, 1.807) is 50.0 Å². The first-order valence-electron chi connectivity index (χ1n) is 8.34. The van der Waals surface area contributed by atoms with Crippen LogP contribution in [0.1, 0.15) is 0 Å². The molecule has 0 atom stereocenters. The van der Waals surface area contributed by atoms with Gasteiger partial charge in [0.1, 0.15) is 18.2 Å². The number of benzene rings is 1. The smallest absolute Gasteiger partial charge is 0.243 e. The van der Waals surface area contributed by atoms with E-state index in [-0.39, 0.29) is 4.90 Å². The molecule has 0 saturated carbocycles. The standard InChI is InChI=1S/C17H22N4O4S/c1-24-12-13-25-15-2-4-16(5-3-15)26(22,23)21-10-8-20(9-11-21)17-14-18-6-7-19-17/h2-7,14H,8-13H2,1H3. The van der Waals surface area contributed by atoms with Crippen LogP contribution in [0.25, 0.3) is 0 Å². The van der Waals surface area contributed by atoms with Crippen molar-refractivity contribution in [2.24, 2.45) is 0 Å². The van der Waals surface area contributed by atoms with E-state index in [4.69, 9.17) is 9.47 Å². The fourth-order valence-corrected chi connectivity index (χ4v) is 4.13. The van der Waals surface area contributed by atoms with Crippen LogP contribution in [0, 0.1) is 0 Å². The molecule has 2 heterocycles. The predicted molar refractivity (Wildman–Crippen MR) is 96.8 cm³/mol. The molecule has 1 aliphatic rings. The molecule has 0 aliphatic carbocycles. The van der Waals surface area contributed by atoms with Crippen LogP contribution < -0.4 is 9.64 Å². The van der Waals surface area contributed by atoms with Crippen molar-refractivity contribution < 1.29 is 17.9 Å². The van der Waals surface area contributed by atoms with E-state index in [0.29, 0.717) is 45.1 Å². The maximum absolute atomic E-state index is 12.8. The largest absolute Gasteiger partial charge is 0.491 e. The van der Waals surface area contributed by atoms with E-state index in [1.807, 2.05) is 4.90 Å². The molecule has 1 aromatic heterocycles. The Kier molecular flexibility index (Phi) is 6.02. The highest BCUT2D eigenvalue weighted by Crippen LogP contribution is 2.22. The molecule has 1 aromatic carbocycles. The van der Waals surface area contributed by atoms with Gasteiger partial charge >= 0.3 is 0 Å². The fourth-order valence-electron chi connectivity index (χ4n) is 2.71. The van der Waals surface area contributed by atoms with E-state index >= 15 is 0 Å². The Bertz CT molecular complexity index is 791. The van der Waals surface area contributed by atoms with Gasteiger partial charge < -0.3 is 14.4 Å². The summed E-state index contributed by atoms with van der Waals surface area (Å²) >= 11 is 0. The van der Waals surface area contributed by atoms with Crippen molar-refractivity contribution in [1.82, 2.24) is 14.3 Å². The van der Waals surface area contributed by atoms with Gasteiger partial charge in [0.25, 0.3) is 0 Å². The fraction of sp³-hybridized carbons (Fsp3) is 0.412. The molecule has 0 unspecified atom stereocenters. The Balaban J connectivity index is 1.62. The minimum atomic E-state index is -3.52. The van der Waals surface area contributed by atoms with Gasteiger partial charge in [0.05, 0.1) is 17.7 Å². The molecule has 2 aromatic rings. The molecule has 9 heteroatoms. The van der Waals surface area contributed by atoms with Crippen LogP contribution in [0.2, 0.25) is 0 Å². The molecule has 0 radical (unpaired) electrons. The van der Waals surface area contributed by atoms with Gasteiger partial charge in [0.15, 0.2) is 0 Å². The molecule has 140 valence electrons. The van der Waals surface area contributed by atoms with Crippen LogP contribution in [-0.4, -0.2) is 69.2 Å². The van der Waals surface area contributed by atoms with Gasteiger partial charge in [-0.05, 0) is 24.3 Å². The summed E-state index contributed by atoms with van der Waals surface area (Å²) in [5.41, 5.74) is 0. The Morgan fingerprint density at radius 2 is 1.77 bits per heavy atom. The normalized spacial score (nSPS) is 15.8. The number of sulfonamides is 1.